The summed E-state index contributed by atoms with van der Waals surface area (Å²) in [7, 11) is 0. The number of fused-ring (bicyclic) bond motifs is 1. The number of carbonyl (C=O) groups is 1. The number of oxazole rings is 1. The van der Waals surface area contributed by atoms with Crippen LogP contribution in [-0.2, 0) is 16.0 Å². The SMILES string of the molecule is O=C(Cc1coc(-c2ccc(F)cc2)n1)OCCCOc1ccc2c(c1)OCO2. The van der Waals surface area contributed by atoms with Gasteiger partial charge < -0.3 is 23.4 Å². The Hall–Kier alpha value is -3.55. The molecule has 0 saturated heterocycles. The largest absolute Gasteiger partial charge is 0.493 e. The Balaban J connectivity index is 1.17. The molecule has 0 saturated carbocycles. The van der Waals surface area contributed by atoms with Crippen molar-refractivity contribution >= 4 is 5.97 Å². The van der Waals surface area contributed by atoms with Crippen LogP contribution in [0.4, 0.5) is 4.39 Å². The summed E-state index contributed by atoms with van der Waals surface area (Å²) in [4.78, 5) is 16.2. The van der Waals surface area contributed by atoms with E-state index in [1.807, 2.05) is 0 Å². The zero-order valence-corrected chi connectivity index (χ0v) is 15.4. The predicted octanol–water partition coefficient (Wildman–Crippen LogP) is 3.76. The highest BCUT2D eigenvalue weighted by Crippen LogP contribution is 2.35. The van der Waals surface area contributed by atoms with Crippen LogP contribution in [0.3, 0.4) is 0 Å². The van der Waals surface area contributed by atoms with Crippen molar-refractivity contribution < 1.29 is 32.5 Å². The van der Waals surface area contributed by atoms with Gasteiger partial charge in [-0.25, -0.2) is 9.37 Å². The van der Waals surface area contributed by atoms with E-state index < -0.39 is 5.97 Å². The molecule has 8 heteroatoms. The standard InChI is InChI=1S/C21H18FNO6/c22-15-4-2-14(3-5-15)21-23-16(12-27-21)10-20(24)26-9-1-8-25-17-6-7-18-19(11-17)29-13-28-18/h2-7,11-12H,1,8-10,13H2. The topological polar surface area (TPSA) is 80.0 Å². The molecule has 2 aromatic carbocycles. The van der Waals surface area contributed by atoms with Gasteiger partial charge in [0.2, 0.25) is 12.7 Å². The fraction of sp³-hybridized carbons (Fsp3) is 0.238. The van der Waals surface area contributed by atoms with Crippen LogP contribution in [0.5, 0.6) is 17.2 Å². The van der Waals surface area contributed by atoms with Crippen LogP contribution in [-0.4, -0.2) is 31.0 Å². The van der Waals surface area contributed by atoms with Gasteiger partial charge >= 0.3 is 5.97 Å². The van der Waals surface area contributed by atoms with Gasteiger partial charge in [-0.05, 0) is 36.4 Å². The lowest BCUT2D eigenvalue weighted by molar-refractivity contribution is -0.143. The summed E-state index contributed by atoms with van der Waals surface area (Å²) < 4.78 is 39.6. The fourth-order valence-corrected chi connectivity index (χ4v) is 2.71. The number of ether oxygens (including phenoxy) is 4. The zero-order chi connectivity index (χ0) is 20.1. The van der Waals surface area contributed by atoms with Crippen LogP contribution < -0.4 is 14.2 Å². The van der Waals surface area contributed by atoms with E-state index in [1.165, 1.54) is 18.4 Å². The minimum Gasteiger partial charge on any atom is -0.493 e. The number of hydrogen-bond donors (Lipinski definition) is 0. The molecule has 0 unspecified atom stereocenters. The van der Waals surface area contributed by atoms with Crippen LogP contribution in [0.25, 0.3) is 11.5 Å². The Morgan fingerprint density at radius 1 is 1.07 bits per heavy atom. The van der Waals surface area contributed by atoms with Crippen LogP contribution in [0.15, 0.2) is 53.1 Å². The Morgan fingerprint density at radius 2 is 1.90 bits per heavy atom. The number of halogens is 1. The predicted molar refractivity (Wildman–Crippen MR) is 99.2 cm³/mol. The van der Waals surface area contributed by atoms with Crippen molar-refractivity contribution in [1.82, 2.24) is 4.98 Å². The normalized spacial score (nSPS) is 12.0. The van der Waals surface area contributed by atoms with E-state index in [9.17, 15) is 9.18 Å². The first-order chi connectivity index (χ1) is 14.2. The Morgan fingerprint density at radius 3 is 2.76 bits per heavy atom. The summed E-state index contributed by atoms with van der Waals surface area (Å²) in [6, 6.07) is 11.1. The quantitative estimate of drug-likeness (QED) is 0.421. The molecule has 2 heterocycles. The molecule has 1 aliphatic heterocycles. The van der Waals surface area contributed by atoms with Gasteiger partial charge in [-0.1, -0.05) is 0 Å². The summed E-state index contributed by atoms with van der Waals surface area (Å²) in [5, 5.41) is 0. The number of carbonyl (C=O) groups excluding carboxylic acids is 1. The van der Waals surface area contributed by atoms with E-state index in [4.69, 9.17) is 23.4 Å². The van der Waals surface area contributed by atoms with Crippen LogP contribution in [0, 0.1) is 5.82 Å². The molecule has 1 aliphatic rings. The minimum atomic E-state index is -0.410. The van der Waals surface area contributed by atoms with E-state index in [1.54, 1.807) is 30.3 Å². The van der Waals surface area contributed by atoms with Gasteiger partial charge in [0, 0.05) is 18.1 Å². The van der Waals surface area contributed by atoms with Crippen molar-refractivity contribution in [3.63, 3.8) is 0 Å². The molecule has 0 aliphatic carbocycles. The highest BCUT2D eigenvalue weighted by Gasteiger charge is 2.14. The molecule has 150 valence electrons. The Bertz CT molecular complexity index is 985. The average molecular weight is 399 g/mol. The maximum Gasteiger partial charge on any atom is 0.311 e. The lowest BCUT2D eigenvalue weighted by Crippen LogP contribution is -2.11. The number of hydrogen-bond acceptors (Lipinski definition) is 7. The maximum atomic E-state index is 13.0. The molecule has 0 N–H and O–H groups in total. The molecule has 3 aromatic rings. The second-order valence-electron chi connectivity index (χ2n) is 6.27. The van der Waals surface area contributed by atoms with Gasteiger partial charge in [0.15, 0.2) is 11.5 Å². The summed E-state index contributed by atoms with van der Waals surface area (Å²) in [5.74, 6) is 1.59. The van der Waals surface area contributed by atoms with Gasteiger partial charge in [0.25, 0.3) is 0 Å². The van der Waals surface area contributed by atoms with Crippen molar-refractivity contribution in [1.29, 1.82) is 0 Å². The maximum absolute atomic E-state index is 13.0. The second kappa shape index (κ2) is 8.64. The Kier molecular flexibility index (Phi) is 5.60. The first-order valence-corrected chi connectivity index (χ1v) is 9.06. The van der Waals surface area contributed by atoms with Crippen LogP contribution in [0.1, 0.15) is 12.1 Å². The van der Waals surface area contributed by atoms with E-state index in [-0.39, 0.29) is 25.6 Å². The van der Waals surface area contributed by atoms with Crippen molar-refractivity contribution in [2.75, 3.05) is 20.0 Å². The second-order valence-corrected chi connectivity index (χ2v) is 6.27. The van der Waals surface area contributed by atoms with Crippen molar-refractivity contribution in [3.05, 3.63) is 60.2 Å². The van der Waals surface area contributed by atoms with E-state index in [0.717, 1.165) is 0 Å². The lowest BCUT2D eigenvalue weighted by atomic mass is 10.2. The number of rotatable bonds is 8. The number of nitrogens with zero attached hydrogens (tertiary/aromatic N) is 1. The van der Waals surface area contributed by atoms with Gasteiger partial charge in [-0.3, -0.25) is 4.79 Å². The van der Waals surface area contributed by atoms with Gasteiger partial charge in [-0.15, -0.1) is 0 Å². The highest BCUT2D eigenvalue weighted by molar-refractivity contribution is 5.72. The number of esters is 1. The first kappa shape index (κ1) is 18.8. The first-order valence-electron chi connectivity index (χ1n) is 9.06. The van der Waals surface area contributed by atoms with E-state index >= 15 is 0 Å². The third kappa shape index (κ3) is 4.84. The number of aromatic nitrogens is 1. The molecule has 0 fully saturated rings. The molecular weight excluding hydrogens is 381 g/mol. The van der Waals surface area contributed by atoms with Gasteiger partial charge in [-0.2, -0.15) is 0 Å². The van der Waals surface area contributed by atoms with Gasteiger partial charge in [0.05, 0.1) is 25.3 Å². The van der Waals surface area contributed by atoms with Crippen LogP contribution >= 0.6 is 0 Å². The van der Waals surface area contributed by atoms with Crippen molar-refractivity contribution in [3.8, 4) is 28.7 Å². The number of benzene rings is 2. The van der Waals surface area contributed by atoms with E-state index in [2.05, 4.69) is 4.98 Å². The van der Waals surface area contributed by atoms with Crippen molar-refractivity contribution in [2.24, 2.45) is 0 Å². The van der Waals surface area contributed by atoms with Crippen molar-refractivity contribution in [2.45, 2.75) is 12.8 Å². The molecule has 0 amide bonds. The molecule has 0 spiro atoms. The molecule has 4 rings (SSSR count). The molecule has 1 aromatic heterocycles. The summed E-state index contributed by atoms with van der Waals surface area (Å²) in [5.41, 5.74) is 1.08. The minimum absolute atomic E-state index is 0.00624. The Labute approximate surface area is 166 Å². The third-order valence-corrected chi connectivity index (χ3v) is 4.13. The highest BCUT2D eigenvalue weighted by atomic mass is 19.1. The molecular formula is C21H18FNO6. The average Bonchev–Trinajstić information content (AvgIpc) is 3.37. The summed E-state index contributed by atoms with van der Waals surface area (Å²) in [6.45, 7) is 0.837. The molecule has 7 nitrogen and oxygen atoms in total. The fourth-order valence-electron chi connectivity index (χ4n) is 2.71. The molecule has 29 heavy (non-hydrogen) atoms. The molecule has 0 atom stereocenters. The molecule has 0 bridgehead atoms. The molecule has 0 radical (unpaired) electrons. The zero-order valence-electron chi connectivity index (χ0n) is 15.4. The summed E-state index contributed by atoms with van der Waals surface area (Å²) >= 11 is 0. The third-order valence-electron chi connectivity index (χ3n) is 4.13. The van der Waals surface area contributed by atoms with Gasteiger partial charge in [0.1, 0.15) is 17.8 Å². The van der Waals surface area contributed by atoms with Crippen LogP contribution in [0.2, 0.25) is 0 Å². The summed E-state index contributed by atoms with van der Waals surface area (Å²) in [6.07, 6.45) is 1.93. The monoisotopic (exact) mass is 399 g/mol. The smallest absolute Gasteiger partial charge is 0.311 e. The van der Waals surface area contributed by atoms with E-state index in [0.29, 0.717) is 47.4 Å². The lowest BCUT2D eigenvalue weighted by Gasteiger charge is -2.07.